The summed E-state index contributed by atoms with van der Waals surface area (Å²) in [7, 11) is 0. The van der Waals surface area contributed by atoms with E-state index in [0.717, 1.165) is 75.5 Å². The van der Waals surface area contributed by atoms with Crippen molar-refractivity contribution >= 4 is 5.91 Å². The van der Waals surface area contributed by atoms with Gasteiger partial charge in [-0.15, -0.1) is 0 Å². The van der Waals surface area contributed by atoms with Crippen LogP contribution in [0.15, 0.2) is 66.9 Å². The molecule has 1 saturated heterocycles. The maximum atomic E-state index is 13.1. The Labute approximate surface area is 230 Å². The molecule has 1 fully saturated rings. The van der Waals surface area contributed by atoms with Crippen LogP contribution in [0.2, 0.25) is 0 Å². The number of ether oxygens (including phenoxy) is 3. The molecule has 0 spiro atoms. The van der Waals surface area contributed by atoms with E-state index in [4.69, 9.17) is 14.2 Å². The summed E-state index contributed by atoms with van der Waals surface area (Å²) in [6.45, 7) is 7.25. The molecule has 206 valence electrons. The minimum Gasteiger partial charge on any atom is -0.490 e. The lowest BCUT2D eigenvalue weighted by atomic mass is 10.1. The number of rotatable bonds is 6. The average molecular weight is 531 g/mol. The van der Waals surface area contributed by atoms with Crippen LogP contribution < -0.4 is 14.8 Å². The third-order valence-electron chi connectivity index (χ3n) is 7.03. The van der Waals surface area contributed by atoms with Gasteiger partial charge >= 0.3 is 0 Å². The molecule has 2 aliphatic heterocycles. The van der Waals surface area contributed by atoms with Gasteiger partial charge in [0.1, 0.15) is 0 Å². The molecule has 0 bridgehead atoms. The summed E-state index contributed by atoms with van der Waals surface area (Å²) >= 11 is 0. The zero-order chi connectivity index (χ0) is 26.7. The number of nitrogens with zero attached hydrogens (tertiary/aromatic N) is 3. The molecule has 1 amide bonds. The Morgan fingerprint density at radius 3 is 2.59 bits per heavy atom. The fraction of sp³-hybridized carbons (Fsp3) is 0.419. The van der Waals surface area contributed by atoms with Gasteiger partial charge in [0.25, 0.3) is 0 Å². The topological polar surface area (TPSA) is 76.2 Å². The Balaban J connectivity index is 1.21. The first-order valence-electron chi connectivity index (χ1n) is 13.9. The fourth-order valence-electron chi connectivity index (χ4n) is 4.96. The van der Waals surface area contributed by atoms with Crippen molar-refractivity contribution in [2.24, 2.45) is 0 Å². The molecule has 0 saturated carbocycles. The third kappa shape index (κ3) is 8.26. The van der Waals surface area contributed by atoms with Gasteiger partial charge in [-0.05, 0) is 55.1 Å². The number of morpholine rings is 1. The molecule has 39 heavy (non-hydrogen) atoms. The predicted octanol–water partition coefficient (Wildman–Crippen LogP) is 4.39. The van der Waals surface area contributed by atoms with Gasteiger partial charge in [0, 0.05) is 44.5 Å². The molecule has 5 rings (SSSR count). The zero-order valence-corrected chi connectivity index (χ0v) is 22.5. The normalized spacial score (nSPS) is 17.2. The van der Waals surface area contributed by atoms with Crippen LogP contribution in [0.1, 0.15) is 36.0 Å². The van der Waals surface area contributed by atoms with Crippen molar-refractivity contribution in [3.8, 4) is 17.4 Å². The first-order valence-corrected chi connectivity index (χ1v) is 13.9. The summed E-state index contributed by atoms with van der Waals surface area (Å²) in [4.78, 5) is 22.1. The number of nitrogens with one attached hydrogen (secondary N) is 1. The highest BCUT2D eigenvalue weighted by atomic mass is 16.5. The molecule has 8 nitrogen and oxygen atoms in total. The predicted molar refractivity (Wildman–Crippen MR) is 150 cm³/mol. The standard InChI is InChI=1S/C31H38N4O4/c36-30(33-21-25-8-6-9-26(20-25)22-34-15-18-37-19-16-34)24-35-14-4-1-5-17-38-28-11-2-3-12-29(28)39-31-27(23-35)10-7-13-32-31/h2-3,6-13,20H,1,4-5,14-19,21-24H2,(H,33,36). The van der Waals surface area contributed by atoms with Crippen LogP contribution in [0.5, 0.6) is 17.4 Å². The number of para-hydroxylation sites is 2. The number of aromatic nitrogens is 1. The van der Waals surface area contributed by atoms with Gasteiger partial charge < -0.3 is 19.5 Å². The van der Waals surface area contributed by atoms with E-state index in [2.05, 4.69) is 44.4 Å². The van der Waals surface area contributed by atoms with Gasteiger partial charge in [-0.3, -0.25) is 14.6 Å². The van der Waals surface area contributed by atoms with Gasteiger partial charge in [0.2, 0.25) is 11.8 Å². The quantitative estimate of drug-likeness (QED) is 0.507. The van der Waals surface area contributed by atoms with E-state index >= 15 is 0 Å². The van der Waals surface area contributed by atoms with Crippen LogP contribution in [0.4, 0.5) is 0 Å². The van der Waals surface area contributed by atoms with Crippen molar-refractivity contribution in [2.45, 2.75) is 38.9 Å². The molecule has 0 radical (unpaired) electrons. The SMILES string of the molecule is O=C(CN1CCCCCOc2ccccc2Oc2ncccc2C1)NCc1cccc(CN2CCOCC2)c1. The molecular formula is C31H38N4O4. The van der Waals surface area contributed by atoms with E-state index in [9.17, 15) is 4.79 Å². The minimum atomic E-state index is 0.0120. The molecular weight excluding hydrogens is 492 g/mol. The van der Waals surface area contributed by atoms with Gasteiger partial charge in [-0.1, -0.05) is 42.5 Å². The maximum absolute atomic E-state index is 13.1. The van der Waals surface area contributed by atoms with Crippen LogP contribution in [-0.4, -0.2) is 66.7 Å². The Morgan fingerprint density at radius 1 is 0.846 bits per heavy atom. The number of hydrogen-bond acceptors (Lipinski definition) is 7. The molecule has 0 atom stereocenters. The summed E-state index contributed by atoms with van der Waals surface area (Å²) in [6, 6.07) is 20.1. The van der Waals surface area contributed by atoms with Crippen LogP contribution in [0, 0.1) is 0 Å². The van der Waals surface area contributed by atoms with Gasteiger partial charge in [0.15, 0.2) is 11.5 Å². The Bertz CT molecular complexity index is 1210. The highest BCUT2D eigenvalue weighted by Crippen LogP contribution is 2.32. The van der Waals surface area contributed by atoms with Crippen LogP contribution in [0.25, 0.3) is 0 Å². The lowest BCUT2D eigenvalue weighted by molar-refractivity contribution is -0.122. The second kappa shape index (κ2) is 14.1. The summed E-state index contributed by atoms with van der Waals surface area (Å²) < 4.78 is 17.7. The van der Waals surface area contributed by atoms with Crippen LogP contribution >= 0.6 is 0 Å². The van der Waals surface area contributed by atoms with Crippen molar-refractivity contribution < 1.29 is 19.0 Å². The smallest absolute Gasteiger partial charge is 0.234 e. The largest absolute Gasteiger partial charge is 0.490 e. The number of benzene rings is 2. The molecule has 8 heteroatoms. The van der Waals surface area contributed by atoms with Gasteiger partial charge in [0.05, 0.1) is 26.4 Å². The first kappa shape index (κ1) is 27.1. The summed E-state index contributed by atoms with van der Waals surface area (Å²) in [5.74, 6) is 1.92. The molecule has 1 aromatic heterocycles. The fourth-order valence-corrected chi connectivity index (χ4v) is 4.96. The number of amides is 1. The third-order valence-corrected chi connectivity index (χ3v) is 7.03. The number of carbonyl (C=O) groups excluding carboxylic acids is 1. The van der Waals surface area contributed by atoms with Gasteiger partial charge in [-0.25, -0.2) is 4.98 Å². The lowest BCUT2D eigenvalue weighted by Crippen LogP contribution is -2.37. The summed E-state index contributed by atoms with van der Waals surface area (Å²) in [5.41, 5.74) is 3.31. The molecule has 3 heterocycles. The number of pyridine rings is 1. The van der Waals surface area contributed by atoms with Crippen LogP contribution in [-0.2, 0) is 29.2 Å². The molecule has 2 aromatic carbocycles. The van der Waals surface area contributed by atoms with Crippen molar-refractivity contribution in [3.63, 3.8) is 0 Å². The Kier molecular flexibility index (Phi) is 9.79. The Morgan fingerprint density at radius 2 is 1.69 bits per heavy atom. The van der Waals surface area contributed by atoms with E-state index < -0.39 is 0 Å². The van der Waals surface area contributed by atoms with E-state index in [1.165, 1.54) is 5.56 Å². The highest BCUT2D eigenvalue weighted by molar-refractivity contribution is 5.78. The first-order chi connectivity index (χ1) is 19.2. The average Bonchev–Trinajstić information content (AvgIpc) is 2.97. The van der Waals surface area contributed by atoms with E-state index in [1.807, 2.05) is 36.4 Å². The van der Waals surface area contributed by atoms with Crippen molar-refractivity contribution in [2.75, 3.05) is 46.0 Å². The summed E-state index contributed by atoms with van der Waals surface area (Å²) in [6.07, 6.45) is 4.68. The monoisotopic (exact) mass is 530 g/mol. The summed E-state index contributed by atoms with van der Waals surface area (Å²) in [5, 5.41) is 3.13. The zero-order valence-electron chi connectivity index (χ0n) is 22.5. The second-order valence-electron chi connectivity index (χ2n) is 10.1. The van der Waals surface area contributed by atoms with E-state index in [0.29, 0.717) is 37.9 Å². The van der Waals surface area contributed by atoms with Crippen molar-refractivity contribution in [3.05, 3.63) is 83.6 Å². The minimum absolute atomic E-state index is 0.0120. The van der Waals surface area contributed by atoms with Crippen LogP contribution in [0.3, 0.4) is 0 Å². The molecule has 2 aliphatic rings. The molecule has 1 N–H and O–H groups in total. The second-order valence-corrected chi connectivity index (χ2v) is 10.1. The number of hydrogen-bond donors (Lipinski definition) is 1. The van der Waals surface area contributed by atoms with E-state index in [-0.39, 0.29) is 5.91 Å². The lowest BCUT2D eigenvalue weighted by Gasteiger charge is -2.26. The van der Waals surface area contributed by atoms with E-state index in [1.54, 1.807) is 6.20 Å². The number of carbonyl (C=O) groups is 1. The molecule has 3 aromatic rings. The number of fused-ring (bicyclic) bond motifs is 2. The molecule has 0 aliphatic carbocycles. The van der Waals surface area contributed by atoms with Crippen molar-refractivity contribution in [1.82, 2.24) is 20.1 Å². The van der Waals surface area contributed by atoms with Gasteiger partial charge in [-0.2, -0.15) is 0 Å². The molecule has 0 unspecified atom stereocenters. The Hall–Kier alpha value is -3.46. The highest BCUT2D eigenvalue weighted by Gasteiger charge is 2.17. The van der Waals surface area contributed by atoms with Crippen molar-refractivity contribution in [1.29, 1.82) is 0 Å². The maximum Gasteiger partial charge on any atom is 0.234 e.